The summed E-state index contributed by atoms with van der Waals surface area (Å²) in [6.07, 6.45) is 1.03. The average Bonchev–Trinajstić information content (AvgIpc) is 3.39. The molecule has 0 aliphatic carbocycles. The maximum atomic E-state index is 14.3. The number of hydrogen-bond acceptors (Lipinski definition) is 9. The summed E-state index contributed by atoms with van der Waals surface area (Å²) in [4.78, 5) is 25.6. The predicted octanol–water partition coefficient (Wildman–Crippen LogP) is 4.26. The van der Waals surface area contributed by atoms with Gasteiger partial charge in [0, 0.05) is 44.4 Å². The van der Waals surface area contributed by atoms with Crippen LogP contribution in [-0.4, -0.2) is 69.4 Å². The van der Waals surface area contributed by atoms with Crippen LogP contribution in [0.25, 0.3) is 11.0 Å². The third kappa shape index (κ3) is 5.91. The second-order valence-corrected chi connectivity index (χ2v) is 10.9. The molecule has 2 aliphatic rings. The summed E-state index contributed by atoms with van der Waals surface area (Å²) in [7, 11) is 0. The van der Waals surface area contributed by atoms with E-state index in [-0.39, 0.29) is 41.3 Å². The first-order chi connectivity index (χ1) is 21.3. The number of fused-ring (bicyclic) bond motifs is 1. The predicted molar refractivity (Wildman–Crippen MR) is 158 cm³/mol. The fourth-order valence-corrected chi connectivity index (χ4v) is 5.60. The van der Waals surface area contributed by atoms with Gasteiger partial charge in [-0.05, 0) is 49.7 Å². The van der Waals surface area contributed by atoms with Crippen molar-refractivity contribution in [2.24, 2.45) is 0 Å². The van der Waals surface area contributed by atoms with Crippen molar-refractivity contribution in [2.75, 3.05) is 37.7 Å². The molecule has 6 rings (SSSR count). The minimum absolute atomic E-state index is 0.0440. The first kappa shape index (κ1) is 29.1. The molecule has 12 heteroatoms. The number of rotatable bonds is 9. The van der Waals surface area contributed by atoms with Crippen molar-refractivity contribution in [3.63, 3.8) is 0 Å². The van der Waals surface area contributed by atoms with Crippen molar-refractivity contribution in [3.8, 4) is 18.0 Å². The van der Waals surface area contributed by atoms with Crippen LogP contribution in [0.1, 0.15) is 52.3 Å². The van der Waals surface area contributed by atoms with Gasteiger partial charge in [0.05, 0.1) is 58.6 Å². The van der Waals surface area contributed by atoms with Crippen molar-refractivity contribution in [1.29, 1.82) is 10.5 Å². The average molecular weight is 596 g/mol. The van der Waals surface area contributed by atoms with Crippen LogP contribution in [0.2, 0.25) is 0 Å². The lowest BCUT2D eigenvalue weighted by Gasteiger charge is -2.38. The van der Waals surface area contributed by atoms with Crippen molar-refractivity contribution in [2.45, 2.75) is 38.6 Å². The van der Waals surface area contributed by atoms with E-state index in [1.54, 1.807) is 24.3 Å². The first-order valence-electron chi connectivity index (χ1n) is 14.4. The number of carbonyl (C=O) groups is 1. The molecule has 224 valence electrons. The number of aromatic nitrogens is 3. The third-order valence-electron chi connectivity index (χ3n) is 8.24. The number of imidazole rings is 1. The Labute approximate surface area is 253 Å². The SMILES string of the molecule is C[C@@H](c1nc2ccc(C(=O)O)cc2n1CC1CCO1)N1CCN(c2cc(C#N)cc(OCc3ccc(C#N)cc3F)n2)CC1. The fraction of sp³-hybridized carbons (Fsp3) is 0.344. The number of halogens is 1. The van der Waals surface area contributed by atoms with E-state index in [1.807, 2.05) is 6.07 Å². The number of anilines is 1. The normalized spacial score (nSPS) is 17.5. The van der Waals surface area contributed by atoms with Crippen LogP contribution in [0, 0.1) is 28.5 Å². The summed E-state index contributed by atoms with van der Waals surface area (Å²) < 4.78 is 27.9. The molecule has 0 radical (unpaired) electrons. The molecule has 2 fully saturated rings. The van der Waals surface area contributed by atoms with Crippen LogP contribution in [0.5, 0.6) is 5.88 Å². The smallest absolute Gasteiger partial charge is 0.335 e. The van der Waals surface area contributed by atoms with Crippen LogP contribution in [0.4, 0.5) is 10.2 Å². The van der Waals surface area contributed by atoms with Gasteiger partial charge in [-0.3, -0.25) is 4.90 Å². The largest absolute Gasteiger partial charge is 0.478 e. The summed E-state index contributed by atoms with van der Waals surface area (Å²) in [5, 5.41) is 28.1. The first-order valence-corrected chi connectivity index (χ1v) is 14.4. The molecule has 2 aromatic carbocycles. The second kappa shape index (κ2) is 12.3. The molecule has 1 N–H and O–H groups in total. The highest BCUT2D eigenvalue weighted by atomic mass is 19.1. The number of ether oxygens (including phenoxy) is 2. The van der Waals surface area contributed by atoms with E-state index in [9.17, 15) is 19.6 Å². The lowest BCUT2D eigenvalue weighted by atomic mass is 10.1. The van der Waals surface area contributed by atoms with Gasteiger partial charge in [-0.25, -0.2) is 14.2 Å². The number of pyridine rings is 1. The maximum Gasteiger partial charge on any atom is 0.335 e. The molecule has 2 atom stereocenters. The van der Waals surface area contributed by atoms with Crippen LogP contribution in [-0.2, 0) is 17.9 Å². The lowest BCUT2D eigenvalue weighted by molar-refractivity contribution is -0.0594. The Bertz CT molecular complexity index is 1800. The zero-order valence-corrected chi connectivity index (χ0v) is 24.1. The van der Waals surface area contributed by atoms with E-state index >= 15 is 0 Å². The molecule has 4 aromatic rings. The quantitative estimate of drug-likeness (QED) is 0.298. The summed E-state index contributed by atoms with van der Waals surface area (Å²) in [6, 6.07) is 16.5. The van der Waals surface area contributed by atoms with Crippen molar-refractivity contribution >= 4 is 22.8 Å². The van der Waals surface area contributed by atoms with Gasteiger partial charge >= 0.3 is 5.97 Å². The molecule has 1 unspecified atom stereocenters. The molecule has 0 amide bonds. The van der Waals surface area contributed by atoms with Crippen LogP contribution in [0.3, 0.4) is 0 Å². The Morgan fingerprint density at radius 2 is 1.86 bits per heavy atom. The van der Waals surface area contributed by atoms with E-state index in [0.29, 0.717) is 44.1 Å². The Hall–Kier alpha value is -5.04. The number of nitrogens with zero attached hydrogens (tertiary/aromatic N) is 7. The van der Waals surface area contributed by atoms with Gasteiger partial charge in [0.15, 0.2) is 0 Å². The van der Waals surface area contributed by atoms with Gasteiger partial charge in [-0.2, -0.15) is 15.5 Å². The van der Waals surface area contributed by atoms with E-state index in [1.165, 1.54) is 18.2 Å². The molecule has 2 saturated heterocycles. The fourth-order valence-electron chi connectivity index (χ4n) is 5.60. The zero-order chi connectivity index (χ0) is 30.8. The molecule has 44 heavy (non-hydrogen) atoms. The number of carboxylic acids is 1. The minimum atomic E-state index is -0.977. The maximum absolute atomic E-state index is 14.3. The number of hydrogen-bond donors (Lipinski definition) is 1. The van der Waals surface area contributed by atoms with Gasteiger partial charge in [-0.15, -0.1) is 0 Å². The lowest BCUT2D eigenvalue weighted by Crippen LogP contribution is -2.48. The molecule has 2 aliphatic heterocycles. The Morgan fingerprint density at radius 1 is 1.09 bits per heavy atom. The van der Waals surface area contributed by atoms with Crippen molar-refractivity contribution in [1.82, 2.24) is 19.4 Å². The molecular weight excluding hydrogens is 565 g/mol. The zero-order valence-electron chi connectivity index (χ0n) is 24.1. The van der Waals surface area contributed by atoms with Crippen molar-refractivity contribution < 1.29 is 23.8 Å². The summed E-state index contributed by atoms with van der Waals surface area (Å²) in [5.41, 5.74) is 2.65. The van der Waals surface area contributed by atoms with Gasteiger partial charge in [-0.1, -0.05) is 6.07 Å². The molecular formula is C32H30FN7O4. The van der Waals surface area contributed by atoms with E-state index in [4.69, 9.17) is 19.7 Å². The topological polar surface area (TPSA) is 141 Å². The molecule has 0 bridgehead atoms. The molecule has 0 saturated carbocycles. The Kier molecular flexibility index (Phi) is 8.11. The number of benzene rings is 2. The van der Waals surface area contributed by atoms with Gasteiger partial charge < -0.3 is 24.0 Å². The van der Waals surface area contributed by atoms with Crippen LogP contribution >= 0.6 is 0 Å². The highest BCUT2D eigenvalue weighted by molar-refractivity contribution is 5.92. The molecule has 0 spiro atoms. The number of nitriles is 2. The standard InChI is InChI=1S/C32H30FN7O4/c1-20(31-36-27-5-4-23(32(41)42)15-28(27)40(31)18-25-6-11-43-25)38-7-9-39(10-8-38)29-13-22(17-35)14-30(37-29)44-19-24-3-2-21(16-34)12-26(24)33/h2-5,12-15,20,25H,6-11,18-19H2,1H3,(H,41,42)/t20-,25?/m0/s1. The van der Waals surface area contributed by atoms with Crippen LogP contribution < -0.4 is 9.64 Å². The molecule has 2 aromatic heterocycles. The molecule has 4 heterocycles. The number of carboxylic acid groups (broad SMARTS) is 1. The molecule has 11 nitrogen and oxygen atoms in total. The van der Waals surface area contributed by atoms with E-state index < -0.39 is 11.8 Å². The Balaban J connectivity index is 1.17. The highest BCUT2D eigenvalue weighted by Gasteiger charge is 2.29. The number of aromatic carboxylic acids is 1. The summed E-state index contributed by atoms with van der Waals surface area (Å²) >= 11 is 0. The summed E-state index contributed by atoms with van der Waals surface area (Å²) in [6.45, 7) is 6.05. The van der Waals surface area contributed by atoms with E-state index in [0.717, 1.165) is 36.0 Å². The minimum Gasteiger partial charge on any atom is -0.478 e. The van der Waals surface area contributed by atoms with Gasteiger partial charge in [0.1, 0.15) is 24.1 Å². The van der Waals surface area contributed by atoms with Gasteiger partial charge in [0.2, 0.25) is 5.88 Å². The van der Waals surface area contributed by atoms with E-state index in [2.05, 4.69) is 32.3 Å². The van der Waals surface area contributed by atoms with Crippen molar-refractivity contribution in [3.05, 3.63) is 82.4 Å². The summed E-state index contributed by atoms with van der Waals surface area (Å²) in [5.74, 6) is 0.159. The second-order valence-electron chi connectivity index (χ2n) is 10.9. The number of piperazine rings is 1. The highest BCUT2D eigenvalue weighted by Crippen LogP contribution is 2.30. The Morgan fingerprint density at radius 3 is 2.52 bits per heavy atom. The van der Waals surface area contributed by atoms with Crippen LogP contribution in [0.15, 0.2) is 48.5 Å². The third-order valence-corrected chi connectivity index (χ3v) is 8.24. The monoisotopic (exact) mass is 595 g/mol. The van der Waals surface area contributed by atoms with Gasteiger partial charge in [0.25, 0.3) is 0 Å².